The van der Waals surface area contributed by atoms with Gasteiger partial charge in [0.2, 0.25) is 0 Å². The molecule has 1 unspecified atom stereocenters. The van der Waals surface area contributed by atoms with Crippen molar-refractivity contribution in [2.75, 3.05) is 5.32 Å². The molecule has 1 aliphatic carbocycles. The molecule has 1 saturated carbocycles. The Morgan fingerprint density at radius 3 is 2.71 bits per heavy atom. The lowest BCUT2D eigenvalue weighted by molar-refractivity contribution is 0.328. The van der Waals surface area contributed by atoms with Gasteiger partial charge in [-0.1, -0.05) is 30.9 Å². The van der Waals surface area contributed by atoms with Crippen LogP contribution in [0.5, 0.6) is 0 Å². The van der Waals surface area contributed by atoms with Gasteiger partial charge in [-0.15, -0.1) is 0 Å². The minimum atomic E-state index is -0.225. The molecular weight excluding hydrogens is 237 g/mol. The van der Waals surface area contributed by atoms with Gasteiger partial charge in [-0.25, -0.2) is 4.39 Å². The summed E-state index contributed by atoms with van der Waals surface area (Å²) >= 11 is 5.88. The predicted molar refractivity (Wildman–Crippen MR) is 71.1 cm³/mol. The normalized spacial score (nSPS) is 19.0. The minimum Gasteiger partial charge on any atom is -0.380 e. The third kappa shape index (κ3) is 3.35. The molecule has 0 aromatic heterocycles. The summed E-state index contributed by atoms with van der Waals surface area (Å²) in [6.45, 7) is 2.14. The Kier molecular flexibility index (Phi) is 4.27. The van der Waals surface area contributed by atoms with Gasteiger partial charge in [-0.2, -0.15) is 0 Å². The lowest BCUT2D eigenvalue weighted by Crippen LogP contribution is -2.28. The maximum atomic E-state index is 13.6. The molecule has 94 valence electrons. The second kappa shape index (κ2) is 5.72. The summed E-state index contributed by atoms with van der Waals surface area (Å²) in [4.78, 5) is 0. The minimum absolute atomic E-state index is 0.225. The maximum absolute atomic E-state index is 13.6. The van der Waals surface area contributed by atoms with Crippen LogP contribution in [0.3, 0.4) is 0 Å². The summed E-state index contributed by atoms with van der Waals surface area (Å²) in [6, 6.07) is 4.96. The van der Waals surface area contributed by atoms with Crippen LogP contribution >= 0.6 is 11.6 Å². The molecule has 1 atom stereocenters. The molecule has 0 aliphatic heterocycles. The number of halogens is 2. The Morgan fingerprint density at radius 1 is 1.29 bits per heavy atom. The lowest BCUT2D eigenvalue weighted by Gasteiger charge is -2.29. The molecule has 0 heterocycles. The van der Waals surface area contributed by atoms with Crippen molar-refractivity contribution >= 4 is 17.3 Å². The first-order chi connectivity index (χ1) is 8.16. The van der Waals surface area contributed by atoms with E-state index in [1.54, 1.807) is 12.1 Å². The van der Waals surface area contributed by atoms with Crippen molar-refractivity contribution in [1.82, 2.24) is 0 Å². The van der Waals surface area contributed by atoms with Crippen LogP contribution in [0.15, 0.2) is 18.2 Å². The molecule has 1 nitrogen and oxygen atoms in total. The second-order valence-electron chi connectivity index (χ2n) is 4.96. The molecule has 1 N–H and O–H groups in total. The summed E-state index contributed by atoms with van der Waals surface area (Å²) < 4.78 is 13.6. The second-order valence-corrected chi connectivity index (χ2v) is 5.39. The molecule has 1 aromatic carbocycles. The molecule has 2 rings (SSSR count). The van der Waals surface area contributed by atoms with Gasteiger partial charge in [0.25, 0.3) is 0 Å². The van der Waals surface area contributed by atoms with Gasteiger partial charge in [-0.3, -0.25) is 0 Å². The highest BCUT2D eigenvalue weighted by atomic mass is 35.5. The number of nitrogens with one attached hydrogen (secondary N) is 1. The van der Waals surface area contributed by atoms with Crippen LogP contribution in [0.1, 0.15) is 39.0 Å². The van der Waals surface area contributed by atoms with Gasteiger partial charge < -0.3 is 5.32 Å². The zero-order valence-electron chi connectivity index (χ0n) is 10.2. The highest BCUT2D eigenvalue weighted by molar-refractivity contribution is 6.30. The van der Waals surface area contributed by atoms with Gasteiger partial charge in [0, 0.05) is 11.1 Å². The van der Waals surface area contributed by atoms with Gasteiger partial charge >= 0.3 is 0 Å². The highest BCUT2D eigenvalue weighted by Gasteiger charge is 2.20. The lowest BCUT2D eigenvalue weighted by atomic mass is 9.84. The molecule has 3 heteroatoms. The zero-order valence-corrected chi connectivity index (χ0v) is 10.9. The Hall–Kier alpha value is -0.760. The van der Waals surface area contributed by atoms with Crippen molar-refractivity contribution in [1.29, 1.82) is 0 Å². The van der Waals surface area contributed by atoms with E-state index in [2.05, 4.69) is 12.2 Å². The third-order valence-electron chi connectivity index (χ3n) is 3.67. The van der Waals surface area contributed by atoms with Gasteiger partial charge in [0.05, 0.1) is 5.69 Å². The fourth-order valence-electron chi connectivity index (χ4n) is 2.61. The number of hydrogen-bond acceptors (Lipinski definition) is 1. The molecule has 1 aromatic rings. The van der Waals surface area contributed by atoms with Gasteiger partial charge in [0.15, 0.2) is 0 Å². The van der Waals surface area contributed by atoms with E-state index in [1.165, 1.54) is 38.2 Å². The summed E-state index contributed by atoms with van der Waals surface area (Å²) in [5.41, 5.74) is 0.524. The van der Waals surface area contributed by atoms with Gasteiger partial charge in [-0.05, 0) is 43.9 Å². The van der Waals surface area contributed by atoms with Crippen molar-refractivity contribution in [3.05, 3.63) is 29.0 Å². The van der Waals surface area contributed by atoms with Crippen LogP contribution in [0.25, 0.3) is 0 Å². The van der Waals surface area contributed by atoms with Crippen molar-refractivity contribution in [2.24, 2.45) is 5.92 Å². The van der Waals surface area contributed by atoms with Crippen molar-refractivity contribution in [3.8, 4) is 0 Å². The van der Waals surface area contributed by atoms with Crippen molar-refractivity contribution in [3.63, 3.8) is 0 Å². The van der Waals surface area contributed by atoms with Crippen molar-refractivity contribution in [2.45, 2.75) is 45.1 Å². The molecule has 0 saturated heterocycles. The number of hydrogen-bond donors (Lipinski definition) is 1. The number of rotatable bonds is 3. The van der Waals surface area contributed by atoms with E-state index in [-0.39, 0.29) is 5.82 Å². The topological polar surface area (TPSA) is 12.0 Å². The van der Waals surface area contributed by atoms with E-state index in [0.29, 0.717) is 22.7 Å². The van der Waals surface area contributed by atoms with Crippen molar-refractivity contribution < 1.29 is 4.39 Å². The average Bonchev–Trinajstić information content (AvgIpc) is 2.35. The van der Waals surface area contributed by atoms with Crippen LogP contribution in [0, 0.1) is 11.7 Å². The first kappa shape index (κ1) is 12.7. The van der Waals surface area contributed by atoms with E-state index in [1.807, 2.05) is 0 Å². The van der Waals surface area contributed by atoms with E-state index < -0.39 is 0 Å². The summed E-state index contributed by atoms with van der Waals surface area (Å²) in [6.07, 6.45) is 6.44. The smallest absolute Gasteiger partial charge is 0.146 e. The Morgan fingerprint density at radius 2 is 2.00 bits per heavy atom. The molecule has 0 amide bonds. The number of benzene rings is 1. The molecule has 0 bridgehead atoms. The zero-order chi connectivity index (χ0) is 12.3. The predicted octanol–water partition coefficient (Wildman–Crippen LogP) is 4.86. The summed E-state index contributed by atoms with van der Waals surface area (Å²) in [5.74, 6) is 0.430. The van der Waals surface area contributed by atoms with Crippen LogP contribution in [-0.2, 0) is 0 Å². The standard InChI is InChI=1S/C14H19ClFN/c1-10(11-5-3-2-4-6-11)17-14-9-12(15)7-8-13(14)16/h7-11,17H,2-6H2,1H3. The monoisotopic (exact) mass is 255 g/mol. The first-order valence-corrected chi connectivity index (χ1v) is 6.76. The van der Waals surface area contributed by atoms with Crippen LogP contribution in [0.4, 0.5) is 10.1 Å². The summed E-state index contributed by atoms with van der Waals surface area (Å²) in [7, 11) is 0. The van der Waals surface area contributed by atoms with E-state index >= 15 is 0 Å². The summed E-state index contributed by atoms with van der Waals surface area (Å²) in [5, 5.41) is 3.84. The highest BCUT2D eigenvalue weighted by Crippen LogP contribution is 2.29. The molecule has 1 aliphatic rings. The molecular formula is C14H19ClFN. The Labute approximate surface area is 107 Å². The Balaban J connectivity index is 2.01. The first-order valence-electron chi connectivity index (χ1n) is 6.38. The Bertz CT molecular complexity index is 374. The van der Waals surface area contributed by atoms with E-state index in [9.17, 15) is 4.39 Å². The molecule has 0 radical (unpaired) electrons. The fourth-order valence-corrected chi connectivity index (χ4v) is 2.78. The van der Waals surface area contributed by atoms with Crippen LogP contribution < -0.4 is 5.32 Å². The molecule has 17 heavy (non-hydrogen) atoms. The van der Waals surface area contributed by atoms with E-state index in [4.69, 9.17) is 11.6 Å². The maximum Gasteiger partial charge on any atom is 0.146 e. The fraction of sp³-hybridized carbons (Fsp3) is 0.571. The molecule has 1 fully saturated rings. The largest absolute Gasteiger partial charge is 0.380 e. The van der Waals surface area contributed by atoms with Gasteiger partial charge in [0.1, 0.15) is 5.82 Å². The SMILES string of the molecule is CC(Nc1cc(Cl)ccc1F)C1CCCCC1. The third-order valence-corrected chi connectivity index (χ3v) is 3.90. The number of anilines is 1. The van der Waals surface area contributed by atoms with Crippen LogP contribution in [0.2, 0.25) is 5.02 Å². The van der Waals surface area contributed by atoms with Crippen LogP contribution in [-0.4, -0.2) is 6.04 Å². The van der Waals surface area contributed by atoms with E-state index in [0.717, 1.165) is 0 Å². The quantitative estimate of drug-likeness (QED) is 0.813. The molecule has 0 spiro atoms. The average molecular weight is 256 g/mol.